The van der Waals surface area contributed by atoms with Crippen LogP contribution >= 0.6 is 0 Å². The summed E-state index contributed by atoms with van der Waals surface area (Å²) in [5, 5.41) is 2.23. The molecule has 0 bridgehead atoms. The summed E-state index contributed by atoms with van der Waals surface area (Å²) < 4.78 is 2.08. The minimum atomic E-state index is 0.871. The van der Waals surface area contributed by atoms with Crippen LogP contribution in [0.1, 0.15) is 0 Å². The van der Waals surface area contributed by atoms with Crippen molar-refractivity contribution in [3.8, 4) is 0 Å². The normalized spacial score (nSPS) is 17.6. The molecule has 0 amide bonds. The zero-order chi connectivity index (χ0) is 14.2. The molecule has 1 aliphatic rings. The molecule has 0 aliphatic carbocycles. The van der Waals surface area contributed by atoms with Crippen molar-refractivity contribution < 1.29 is 0 Å². The minimum absolute atomic E-state index is 0.871. The average molecular weight is 282 g/mol. The molecule has 1 aliphatic heterocycles. The van der Waals surface area contributed by atoms with Gasteiger partial charge in [0.1, 0.15) is 5.52 Å². The molecule has 3 heterocycles. The maximum absolute atomic E-state index is 4.76. The zero-order valence-electron chi connectivity index (χ0n) is 12.0. The lowest BCUT2D eigenvalue weighted by molar-refractivity contribution is 0.178. The number of piperazine rings is 1. The summed E-state index contributed by atoms with van der Waals surface area (Å²) >= 11 is 0. The predicted octanol–water partition coefficient (Wildman–Crippen LogP) is 1.46. The van der Waals surface area contributed by atoms with Crippen LogP contribution < -0.4 is 5.43 Å². The number of nitrogens with zero attached hydrogens (tertiary/aromatic N) is 5. The number of hydrogen-bond donors (Lipinski definition) is 1. The Bertz CT molecular complexity index is 772. The number of likely N-dealkylation sites (N-methyl/N-ethyl adjacent to an activating group) is 1. The maximum Gasteiger partial charge on any atom is 0.167 e. The average Bonchev–Trinajstić information content (AvgIpc) is 3.00. The smallest absolute Gasteiger partial charge is 0.167 e. The Labute approximate surface area is 123 Å². The molecule has 0 spiro atoms. The molecule has 3 aromatic rings. The fraction of sp³-hybridized carbons (Fsp3) is 0.333. The Morgan fingerprint density at radius 2 is 1.86 bits per heavy atom. The molecular formula is C15H18N6. The number of nitrogens with one attached hydrogen (secondary N) is 1. The summed E-state index contributed by atoms with van der Waals surface area (Å²) in [6, 6.07) is 8.13. The lowest BCUT2D eigenvalue weighted by Gasteiger charge is -2.32. The zero-order valence-corrected chi connectivity index (χ0v) is 12.0. The van der Waals surface area contributed by atoms with Crippen LogP contribution in [0.15, 0.2) is 36.8 Å². The van der Waals surface area contributed by atoms with Gasteiger partial charge in [-0.15, -0.1) is 0 Å². The van der Waals surface area contributed by atoms with Gasteiger partial charge in [0.25, 0.3) is 0 Å². The van der Waals surface area contributed by atoms with E-state index in [-0.39, 0.29) is 0 Å². The number of hydrogen-bond acceptors (Lipinski definition) is 5. The van der Waals surface area contributed by atoms with Crippen LogP contribution in [-0.2, 0) is 0 Å². The molecule has 0 saturated carbocycles. The standard InChI is InChI=1S/C15H18N6/c1-19-6-8-20(9-7-19)18-15-14-10-16-11-21(14)13-5-3-2-4-12(13)17-15/h2-5,10-11H,6-9H2,1H3,(H,17,18). The highest BCUT2D eigenvalue weighted by Crippen LogP contribution is 2.21. The first kappa shape index (κ1) is 12.6. The van der Waals surface area contributed by atoms with Gasteiger partial charge in [0, 0.05) is 26.2 Å². The number of imidazole rings is 1. The van der Waals surface area contributed by atoms with Gasteiger partial charge in [0.05, 0.1) is 23.6 Å². The van der Waals surface area contributed by atoms with Gasteiger partial charge in [-0.05, 0) is 19.2 Å². The maximum atomic E-state index is 4.76. The van der Waals surface area contributed by atoms with E-state index < -0.39 is 0 Å². The third-order valence-electron chi connectivity index (χ3n) is 4.02. The number of hydrazine groups is 1. The fourth-order valence-electron chi connectivity index (χ4n) is 2.75. The number of benzene rings is 1. The molecule has 4 rings (SSSR count). The predicted molar refractivity (Wildman–Crippen MR) is 83.2 cm³/mol. The topological polar surface area (TPSA) is 48.7 Å². The van der Waals surface area contributed by atoms with Crippen LogP contribution in [0.5, 0.6) is 0 Å². The molecule has 21 heavy (non-hydrogen) atoms. The monoisotopic (exact) mass is 282 g/mol. The van der Waals surface area contributed by atoms with Crippen molar-refractivity contribution in [2.75, 3.05) is 38.7 Å². The largest absolute Gasteiger partial charge is 0.304 e. The number of anilines is 1. The fourth-order valence-corrected chi connectivity index (χ4v) is 2.75. The number of aromatic nitrogens is 3. The SMILES string of the molecule is CN1CCN(Nc2nc3ccccc3n3cncc23)CC1. The van der Waals surface area contributed by atoms with Gasteiger partial charge >= 0.3 is 0 Å². The molecule has 1 aromatic carbocycles. The van der Waals surface area contributed by atoms with E-state index in [4.69, 9.17) is 4.98 Å². The van der Waals surface area contributed by atoms with E-state index in [0.29, 0.717) is 0 Å². The van der Waals surface area contributed by atoms with Gasteiger partial charge < -0.3 is 10.3 Å². The molecule has 1 N–H and O–H groups in total. The van der Waals surface area contributed by atoms with E-state index in [2.05, 4.69) is 37.8 Å². The van der Waals surface area contributed by atoms with E-state index in [0.717, 1.165) is 48.5 Å². The van der Waals surface area contributed by atoms with Crippen LogP contribution in [0, 0.1) is 0 Å². The highest BCUT2D eigenvalue weighted by atomic mass is 15.5. The van der Waals surface area contributed by atoms with Crippen molar-refractivity contribution >= 4 is 22.4 Å². The second-order valence-electron chi connectivity index (χ2n) is 5.50. The molecule has 0 radical (unpaired) electrons. The van der Waals surface area contributed by atoms with Gasteiger partial charge in [-0.2, -0.15) is 0 Å². The second kappa shape index (κ2) is 4.98. The van der Waals surface area contributed by atoms with Crippen molar-refractivity contribution in [2.24, 2.45) is 0 Å². The summed E-state index contributed by atoms with van der Waals surface area (Å²) in [4.78, 5) is 11.4. The second-order valence-corrected chi connectivity index (χ2v) is 5.50. The minimum Gasteiger partial charge on any atom is -0.304 e. The Hall–Kier alpha value is -2.18. The Balaban J connectivity index is 1.74. The lowest BCUT2D eigenvalue weighted by atomic mass is 10.3. The number of rotatable bonds is 2. The van der Waals surface area contributed by atoms with E-state index in [9.17, 15) is 0 Å². The lowest BCUT2D eigenvalue weighted by Crippen LogP contribution is -2.47. The Kier molecular flexibility index (Phi) is 2.98. The molecule has 6 heteroatoms. The summed E-state index contributed by atoms with van der Waals surface area (Å²) in [7, 11) is 2.15. The van der Waals surface area contributed by atoms with E-state index in [1.54, 1.807) is 0 Å². The van der Waals surface area contributed by atoms with Crippen LogP contribution in [-0.4, -0.2) is 57.5 Å². The molecule has 2 aromatic heterocycles. The quantitative estimate of drug-likeness (QED) is 0.771. The Morgan fingerprint density at radius 1 is 1.05 bits per heavy atom. The highest BCUT2D eigenvalue weighted by Gasteiger charge is 2.16. The molecular weight excluding hydrogens is 264 g/mol. The molecule has 6 nitrogen and oxygen atoms in total. The van der Waals surface area contributed by atoms with E-state index >= 15 is 0 Å². The molecule has 1 fully saturated rings. The van der Waals surface area contributed by atoms with Crippen LogP contribution in [0.4, 0.5) is 5.82 Å². The third-order valence-corrected chi connectivity index (χ3v) is 4.02. The van der Waals surface area contributed by atoms with Crippen molar-refractivity contribution in [1.82, 2.24) is 24.3 Å². The number of para-hydroxylation sites is 2. The summed E-state index contributed by atoms with van der Waals surface area (Å²) in [6.45, 7) is 4.11. The first-order valence-corrected chi connectivity index (χ1v) is 7.22. The van der Waals surface area contributed by atoms with Gasteiger partial charge in [-0.3, -0.25) is 4.40 Å². The molecule has 0 unspecified atom stereocenters. The molecule has 0 atom stereocenters. The van der Waals surface area contributed by atoms with E-state index in [1.165, 1.54) is 0 Å². The van der Waals surface area contributed by atoms with Gasteiger partial charge in [0.15, 0.2) is 5.82 Å². The van der Waals surface area contributed by atoms with Crippen molar-refractivity contribution in [3.63, 3.8) is 0 Å². The first-order valence-electron chi connectivity index (χ1n) is 7.22. The van der Waals surface area contributed by atoms with E-state index in [1.807, 2.05) is 30.7 Å². The van der Waals surface area contributed by atoms with Gasteiger partial charge in [-0.25, -0.2) is 15.0 Å². The highest BCUT2D eigenvalue weighted by molar-refractivity contribution is 5.83. The third kappa shape index (κ3) is 2.22. The van der Waals surface area contributed by atoms with Crippen LogP contribution in [0.3, 0.4) is 0 Å². The number of fused-ring (bicyclic) bond motifs is 3. The van der Waals surface area contributed by atoms with Crippen molar-refractivity contribution in [3.05, 3.63) is 36.8 Å². The molecule has 1 saturated heterocycles. The van der Waals surface area contributed by atoms with Crippen molar-refractivity contribution in [2.45, 2.75) is 0 Å². The van der Waals surface area contributed by atoms with Gasteiger partial charge in [-0.1, -0.05) is 12.1 Å². The first-order chi connectivity index (χ1) is 10.3. The van der Waals surface area contributed by atoms with Crippen molar-refractivity contribution in [1.29, 1.82) is 0 Å². The summed E-state index contributed by atoms with van der Waals surface area (Å²) in [6.07, 6.45) is 3.70. The van der Waals surface area contributed by atoms with Crippen LogP contribution in [0.25, 0.3) is 16.6 Å². The van der Waals surface area contributed by atoms with Gasteiger partial charge in [0.2, 0.25) is 0 Å². The molecule has 108 valence electrons. The Morgan fingerprint density at radius 3 is 2.71 bits per heavy atom. The summed E-state index contributed by atoms with van der Waals surface area (Å²) in [5.41, 5.74) is 6.51. The van der Waals surface area contributed by atoms with Crippen LogP contribution in [0.2, 0.25) is 0 Å². The summed E-state index contributed by atoms with van der Waals surface area (Å²) in [5.74, 6) is 0.871.